The molecule has 0 unspecified atom stereocenters. The van der Waals surface area contributed by atoms with Gasteiger partial charge in [-0.3, -0.25) is 20.4 Å². The Morgan fingerprint density at radius 3 is 2.20 bits per heavy atom. The maximum atomic E-state index is 12.2. The van der Waals surface area contributed by atoms with Gasteiger partial charge in [0.25, 0.3) is 11.8 Å². The van der Waals surface area contributed by atoms with Crippen LogP contribution < -0.4 is 16.5 Å². The molecule has 1 heterocycles. The standard InChI is InChI=1S/C16H14N6O3/c23-14(17-18-15(24)12-7-3-1-4-8-12)11-21-16(25)22(20-19-21)13-9-5-2-6-10-13/h1-10H,11H2,(H,17,23)(H,18,24). The quantitative estimate of drug-likeness (QED) is 0.645. The number of hydrazine groups is 1. The zero-order chi connectivity index (χ0) is 17.6. The summed E-state index contributed by atoms with van der Waals surface area (Å²) < 4.78 is 1.98. The average Bonchev–Trinajstić information content (AvgIpc) is 3.01. The normalized spacial score (nSPS) is 10.2. The van der Waals surface area contributed by atoms with E-state index in [1.807, 2.05) is 6.07 Å². The second-order valence-corrected chi connectivity index (χ2v) is 5.03. The lowest BCUT2D eigenvalue weighted by Crippen LogP contribution is -2.44. The largest absolute Gasteiger partial charge is 0.368 e. The SMILES string of the molecule is O=C(Cn1nnn(-c2ccccc2)c1=O)NNC(=O)c1ccccc1. The minimum Gasteiger partial charge on any atom is -0.271 e. The van der Waals surface area contributed by atoms with Crippen molar-refractivity contribution in [1.82, 2.24) is 30.6 Å². The number of nitrogens with one attached hydrogen (secondary N) is 2. The summed E-state index contributed by atoms with van der Waals surface area (Å²) >= 11 is 0. The Hall–Kier alpha value is -3.75. The fraction of sp³-hybridized carbons (Fsp3) is 0.0625. The lowest BCUT2D eigenvalue weighted by molar-refractivity contribution is -0.122. The van der Waals surface area contributed by atoms with Gasteiger partial charge in [0.05, 0.1) is 5.69 Å². The summed E-state index contributed by atoms with van der Waals surface area (Å²) in [6, 6.07) is 17.1. The van der Waals surface area contributed by atoms with Gasteiger partial charge in [-0.15, -0.1) is 0 Å². The fourth-order valence-electron chi connectivity index (χ4n) is 2.07. The third-order valence-electron chi connectivity index (χ3n) is 3.28. The number of carbonyl (C=O) groups is 2. The second-order valence-electron chi connectivity index (χ2n) is 5.03. The van der Waals surface area contributed by atoms with Gasteiger partial charge in [-0.25, -0.2) is 4.79 Å². The van der Waals surface area contributed by atoms with Crippen molar-refractivity contribution in [3.05, 3.63) is 76.7 Å². The molecule has 0 atom stereocenters. The lowest BCUT2D eigenvalue weighted by Gasteiger charge is -2.06. The Labute approximate surface area is 141 Å². The van der Waals surface area contributed by atoms with Gasteiger partial charge in [0.15, 0.2) is 0 Å². The molecule has 0 aliphatic heterocycles. The van der Waals surface area contributed by atoms with Crippen LogP contribution in [0.15, 0.2) is 65.5 Å². The first kappa shape index (κ1) is 16.1. The molecule has 126 valence electrons. The van der Waals surface area contributed by atoms with Crippen molar-refractivity contribution >= 4 is 11.8 Å². The second kappa shape index (κ2) is 7.21. The molecule has 9 heteroatoms. The Bertz CT molecular complexity index is 933. The van der Waals surface area contributed by atoms with Crippen LogP contribution in [0.3, 0.4) is 0 Å². The van der Waals surface area contributed by atoms with Crippen molar-refractivity contribution in [3.8, 4) is 5.69 Å². The Morgan fingerprint density at radius 1 is 0.880 bits per heavy atom. The third-order valence-corrected chi connectivity index (χ3v) is 3.28. The number of nitrogens with zero attached hydrogens (tertiary/aromatic N) is 4. The number of rotatable bonds is 4. The topological polar surface area (TPSA) is 111 Å². The molecule has 2 aromatic carbocycles. The number of tetrazole rings is 1. The van der Waals surface area contributed by atoms with Crippen LogP contribution >= 0.6 is 0 Å². The van der Waals surface area contributed by atoms with Gasteiger partial charge in [-0.2, -0.15) is 9.36 Å². The van der Waals surface area contributed by atoms with E-state index in [9.17, 15) is 14.4 Å². The van der Waals surface area contributed by atoms with Crippen molar-refractivity contribution in [3.63, 3.8) is 0 Å². The van der Waals surface area contributed by atoms with Gasteiger partial charge in [-0.05, 0) is 34.7 Å². The van der Waals surface area contributed by atoms with Gasteiger partial charge in [0.2, 0.25) is 0 Å². The van der Waals surface area contributed by atoms with Crippen LogP contribution in [0.1, 0.15) is 10.4 Å². The number of aromatic nitrogens is 4. The van der Waals surface area contributed by atoms with Gasteiger partial charge in [0, 0.05) is 5.56 Å². The summed E-state index contributed by atoms with van der Waals surface area (Å²) in [5.74, 6) is -1.07. The van der Waals surface area contributed by atoms with E-state index in [2.05, 4.69) is 21.3 Å². The summed E-state index contributed by atoms with van der Waals surface area (Å²) in [4.78, 5) is 35.9. The molecule has 3 aromatic rings. The first-order valence-electron chi connectivity index (χ1n) is 7.37. The van der Waals surface area contributed by atoms with Crippen LogP contribution in [-0.4, -0.2) is 31.6 Å². The molecule has 2 N–H and O–H groups in total. The highest BCUT2D eigenvalue weighted by atomic mass is 16.2. The molecule has 2 amide bonds. The third kappa shape index (κ3) is 3.78. The molecule has 25 heavy (non-hydrogen) atoms. The zero-order valence-corrected chi connectivity index (χ0v) is 13.0. The maximum Gasteiger partial charge on any atom is 0.368 e. The van der Waals surface area contributed by atoms with Crippen molar-refractivity contribution in [2.24, 2.45) is 0 Å². The number of para-hydroxylation sites is 1. The van der Waals surface area contributed by atoms with E-state index in [4.69, 9.17) is 0 Å². The first-order valence-corrected chi connectivity index (χ1v) is 7.37. The molecule has 0 bridgehead atoms. The van der Waals surface area contributed by atoms with Crippen LogP contribution in [-0.2, 0) is 11.3 Å². The monoisotopic (exact) mass is 338 g/mol. The summed E-state index contributed by atoms with van der Waals surface area (Å²) in [6.07, 6.45) is 0. The number of amides is 2. The van der Waals surface area contributed by atoms with Gasteiger partial charge in [-0.1, -0.05) is 36.4 Å². The number of benzene rings is 2. The Balaban J connectivity index is 1.61. The van der Waals surface area contributed by atoms with Crippen LogP contribution in [0.25, 0.3) is 5.69 Å². The molecule has 0 fully saturated rings. The van der Waals surface area contributed by atoms with E-state index in [-0.39, 0.29) is 6.54 Å². The minimum atomic E-state index is -0.605. The van der Waals surface area contributed by atoms with Gasteiger partial charge in [0.1, 0.15) is 6.54 Å². The van der Waals surface area contributed by atoms with Crippen molar-refractivity contribution in [2.45, 2.75) is 6.54 Å². The van der Waals surface area contributed by atoms with Crippen molar-refractivity contribution in [2.75, 3.05) is 0 Å². The number of hydrogen-bond acceptors (Lipinski definition) is 5. The van der Waals surface area contributed by atoms with E-state index in [0.29, 0.717) is 11.3 Å². The van der Waals surface area contributed by atoms with Crippen molar-refractivity contribution in [1.29, 1.82) is 0 Å². The van der Waals surface area contributed by atoms with Gasteiger partial charge >= 0.3 is 5.69 Å². The molecule has 3 rings (SSSR count). The predicted octanol–water partition coefficient (Wildman–Crippen LogP) is -0.110. The smallest absolute Gasteiger partial charge is 0.271 e. The molecule has 0 aliphatic carbocycles. The molecule has 0 saturated carbocycles. The lowest BCUT2D eigenvalue weighted by atomic mass is 10.2. The summed E-state index contributed by atoms with van der Waals surface area (Å²) in [6.45, 7) is -0.374. The molecule has 0 spiro atoms. The highest BCUT2D eigenvalue weighted by Crippen LogP contribution is 2.00. The molecule has 0 radical (unpaired) electrons. The molecule has 9 nitrogen and oxygen atoms in total. The fourth-order valence-corrected chi connectivity index (χ4v) is 2.07. The van der Waals surface area contributed by atoms with Crippen LogP contribution in [0.2, 0.25) is 0 Å². The van der Waals surface area contributed by atoms with E-state index < -0.39 is 17.5 Å². The highest BCUT2D eigenvalue weighted by molar-refractivity contribution is 5.95. The average molecular weight is 338 g/mol. The predicted molar refractivity (Wildman–Crippen MR) is 87.7 cm³/mol. The Kier molecular flexibility index (Phi) is 4.65. The van der Waals surface area contributed by atoms with Crippen molar-refractivity contribution < 1.29 is 9.59 Å². The van der Waals surface area contributed by atoms with E-state index in [1.165, 1.54) is 0 Å². The number of hydrogen-bond donors (Lipinski definition) is 2. The Morgan fingerprint density at radius 2 is 1.52 bits per heavy atom. The van der Waals surface area contributed by atoms with E-state index in [1.54, 1.807) is 54.6 Å². The van der Waals surface area contributed by atoms with E-state index >= 15 is 0 Å². The van der Waals surface area contributed by atoms with Crippen LogP contribution in [0.5, 0.6) is 0 Å². The minimum absolute atomic E-state index is 0.374. The van der Waals surface area contributed by atoms with Gasteiger partial charge < -0.3 is 0 Å². The molecule has 0 saturated heterocycles. The summed E-state index contributed by atoms with van der Waals surface area (Å²) in [5, 5.41) is 7.39. The highest BCUT2D eigenvalue weighted by Gasteiger charge is 2.13. The number of carbonyl (C=O) groups excluding carboxylic acids is 2. The maximum absolute atomic E-state index is 12.2. The molecule has 0 aliphatic rings. The van der Waals surface area contributed by atoms with E-state index in [0.717, 1.165) is 9.36 Å². The molecular weight excluding hydrogens is 324 g/mol. The first-order chi connectivity index (χ1) is 12.1. The summed E-state index contributed by atoms with van der Waals surface area (Å²) in [7, 11) is 0. The molecule has 1 aromatic heterocycles. The summed E-state index contributed by atoms with van der Waals surface area (Å²) in [5.41, 5.74) is 4.88. The van der Waals surface area contributed by atoms with Crippen LogP contribution in [0, 0.1) is 0 Å². The zero-order valence-electron chi connectivity index (χ0n) is 13.0. The van der Waals surface area contributed by atoms with Crippen LogP contribution in [0.4, 0.5) is 0 Å². The molecular formula is C16H14N6O3.